The Morgan fingerprint density at radius 3 is 2.80 bits per heavy atom. The molecule has 0 aliphatic carbocycles. The number of benzene rings is 2. The molecule has 2 aromatic heterocycles. The SMILES string of the molecule is [c]1ccc(-n2cc(-c3n[nH]c4ccccc34)nn2)cc1. The van der Waals surface area contributed by atoms with Gasteiger partial charge in [-0.3, -0.25) is 5.10 Å². The molecule has 20 heavy (non-hydrogen) atoms. The quantitative estimate of drug-likeness (QED) is 0.602. The lowest BCUT2D eigenvalue weighted by molar-refractivity contribution is 0.803. The van der Waals surface area contributed by atoms with Gasteiger partial charge in [-0.25, -0.2) is 4.68 Å². The van der Waals surface area contributed by atoms with Crippen LogP contribution in [0.3, 0.4) is 0 Å². The van der Waals surface area contributed by atoms with Crippen molar-refractivity contribution in [3.8, 4) is 17.1 Å². The number of para-hydroxylation sites is 1. The number of aromatic nitrogens is 5. The van der Waals surface area contributed by atoms with E-state index in [0.29, 0.717) is 0 Å². The van der Waals surface area contributed by atoms with Crippen molar-refractivity contribution in [1.82, 2.24) is 25.2 Å². The Hall–Kier alpha value is -2.95. The fourth-order valence-electron chi connectivity index (χ4n) is 2.19. The van der Waals surface area contributed by atoms with Crippen LogP contribution in [0, 0.1) is 6.07 Å². The van der Waals surface area contributed by atoms with Gasteiger partial charge in [0.25, 0.3) is 0 Å². The van der Waals surface area contributed by atoms with E-state index in [1.165, 1.54) is 0 Å². The Bertz CT molecular complexity index is 860. The maximum absolute atomic E-state index is 4.33. The van der Waals surface area contributed by atoms with Gasteiger partial charge < -0.3 is 0 Å². The zero-order valence-electron chi connectivity index (χ0n) is 10.5. The number of nitrogens with one attached hydrogen (secondary N) is 1. The lowest BCUT2D eigenvalue weighted by Gasteiger charge is -1.96. The first-order valence-corrected chi connectivity index (χ1v) is 6.24. The monoisotopic (exact) mass is 260 g/mol. The molecule has 0 spiro atoms. The van der Waals surface area contributed by atoms with E-state index < -0.39 is 0 Å². The molecule has 2 heterocycles. The number of rotatable bonds is 2. The third-order valence-corrected chi connectivity index (χ3v) is 3.17. The zero-order chi connectivity index (χ0) is 13.4. The van der Waals surface area contributed by atoms with E-state index in [1.54, 1.807) is 4.68 Å². The van der Waals surface area contributed by atoms with Gasteiger partial charge in [0.05, 0.1) is 17.4 Å². The highest BCUT2D eigenvalue weighted by atomic mass is 15.4. The van der Waals surface area contributed by atoms with Crippen molar-refractivity contribution in [3.05, 3.63) is 60.8 Å². The second-order valence-corrected chi connectivity index (χ2v) is 4.42. The second-order valence-electron chi connectivity index (χ2n) is 4.42. The van der Waals surface area contributed by atoms with Crippen LogP contribution in [0.1, 0.15) is 0 Å². The predicted molar refractivity (Wildman–Crippen MR) is 75.3 cm³/mol. The van der Waals surface area contributed by atoms with Crippen molar-refractivity contribution in [2.75, 3.05) is 0 Å². The Balaban J connectivity index is 1.82. The minimum atomic E-state index is 0.746. The molecule has 2 aromatic carbocycles. The van der Waals surface area contributed by atoms with Gasteiger partial charge in [0.2, 0.25) is 0 Å². The summed E-state index contributed by atoms with van der Waals surface area (Å²) >= 11 is 0. The van der Waals surface area contributed by atoms with Crippen molar-refractivity contribution in [1.29, 1.82) is 0 Å². The first-order chi connectivity index (χ1) is 9.92. The summed E-state index contributed by atoms with van der Waals surface area (Å²) in [6.45, 7) is 0. The van der Waals surface area contributed by atoms with Crippen LogP contribution in [0.15, 0.2) is 54.7 Å². The number of fused-ring (bicyclic) bond motifs is 1. The molecular weight excluding hydrogens is 250 g/mol. The maximum Gasteiger partial charge on any atom is 0.134 e. The van der Waals surface area contributed by atoms with E-state index in [9.17, 15) is 0 Å². The highest BCUT2D eigenvalue weighted by Gasteiger charge is 2.11. The van der Waals surface area contributed by atoms with Crippen LogP contribution >= 0.6 is 0 Å². The van der Waals surface area contributed by atoms with Crippen molar-refractivity contribution in [2.45, 2.75) is 0 Å². The van der Waals surface area contributed by atoms with Gasteiger partial charge in [-0.15, -0.1) is 5.10 Å². The summed E-state index contributed by atoms with van der Waals surface area (Å²) < 4.78 is 1.73. The molecule has 0 aliphatic heterocycles. The first kappa shape index (κ1) is 10.9. The van der Waals surface area contributed by atoms with Crippen molar-refractivity contribution in [2.24, 2.45) is 0 Å². The van der Waals surface area contributed by atoms with Crippen molar-refractivity contribution >= 4 is 10.9 Å². The van der Waals surface area contributed by atoms with Gasteiger partial charge in [0.1, 0.15) is 11.4 Å². The molecule has 1 N–H and O–H groups in total. The van der Waals surface area contributed by atoms with Crippen molar-refractivity contribution < 1.29 is 0 Å². The summed E-state index contributed by atoms with van der Waals surface area (Å²) in [5.74, 6) is 0. The third kappa shape index (κ3) is 1.68. The van der Waals surface area contributed by atoms with Crippen LogP contribution in [0.2, 0.25) is 0 Å². The number of hydrogen-bond acceptors (Lipinski definition) is 3. The molecule has 1 radical (unpaired) electrons. The summed E-state index contributed by atoms with van der Waals surface area (Å²) in [6.07, 6.45) is 1.87. The van der Waals surface area contributed by atoms with Gasteiger partial charge in [0, 0.05) is 5.39 Å². The van der Waals surface area contributed by atoms with E-state index in [1.807, 2.05) is 54.7 Å². The van der Waals surface area contributed by atoms with E-state index in [0.717, 1.165) is 28.0 Å². The molecule has 5 nitrogen and oxygen atoms in total. The molecule has 0 saturated carbocycles. The largest absolute Gasteiger partial charge is 0.277 e. The molecule has 0 amide bonds. The summed E-state index contributed by atoms with van der Waals surface area (Å²) in [7, 11) is 0. The molecule has 95 valence electrons. The highest BCUT2D eigenvalue weighted by molar-refractivity contribution is 5.91. The van der Waals surface area contributed by atoms with E-state index in [4.69, 9.17) is 0 Å². The third-order valence-electron chi connectivity index (χ3n) is 3.17. The first-order valence-electron chi connectivity index (χ1n) is 6.24. The lowest BCUT2D eigenvalue weighted by atomic mass is 10.2. The molecular formula is C15H10N5. The van der Waals surface area contributed by atoms with Gasteiger partial charge in [-0.2, -0.15) is 5.10 Å². The van der Waals surface area contributed by atoms with Crippen LogP contribution in [0.25, 0.3) is 28.0 Å². The number of hydrogen-bond donors (Lipinski definition) is 1. The Labute approximate surface area is 114 Å². The molecule has 5 heteroatoms. The molecule has 4 rings (SSSR count). The number of nitrogens with zero attached hydrogens (tertiary/aromatic N) is 4. The van der Waals surface area contributed by atoms with Gasteiger partial charge in [0.15, 0.2) is 0 Å². The van der Waals surface area contributed by atoms with Gasteiger partial charge >= 0.3 is 0 Å². The standard InChI is InChI=1S/C15H10N5/c1-2-6-11(7-3-1)20-10-14(17-19-20)15-12-8-4-5-9-13(12)16-18-15/h2-10H,(H,16,18). The smallest absolute Gasteiger partial charge is 0.134 e. The van der Waals surface area contributed by atoms with Crippen LogP contribution in [0.4, 0.5) is 0 Å². The number of H-pyrrole nitrogens is 1. The molecule has 0 bridgehead atoms. The summed E-state index contributed by atoms with van der Waals surface area (Å²) in [5, 5.41) is 16.7. The van der Waals surface area contributed by atoms with Crippen LogP contribution in [-0.2, 0) is 0 Å². The Kier molecular flexibility index (Phi) is 2.35. The average molecular weight is 260 g/mol. The van der Waals surface area contributed by atoms with E-state index >= 15 is 0 Å². The average Bonchev–Trinajstić information content (AvgIpc) is 3.14. The lowest BCUT2D eigenvalue weighted by Crippen LogP contribution is -1.93. The Morgan fingerprint density at radius 1 is 1.05 bits per heavy atom. The van der Waals surface area contributed by atoms with Crippen LogP contribution in [0.5, 0.6) is 0 Å². The summed E-state index contributed by atoms with van der Waals surface area (Å²) in [6, 6.07) is 18.5. The summed E-state index contributed by atoms with van der Waals surface area (Å²) in [4.78, 5) is 0. The molecule has 0 saturated heterocycles. The van der Waals surface area contributed by atoms with Crippen molar-refractivity contribution in [3.63, 3.8) is 0 Å². The molecule has 0 fully saturated rings. The fraction of sp³-hybridized carbons (Fsp3) is 0. The molecule has 0 unspecified atom stereocenters. The fourth-order valence-corrected chi connectivity index (χ4v) is 2.19. The van der Waals surface area contributed by atoms with Gasteiger partial charge in [-0.05, 0) is 24.3 Å². The Morgan fingerprint density at radius 2 is 1.90 bits per heavy atom. The van der Waals surface area contributed by atoms with E-state index in [2.05, 4.69) is 26.6 Å². The summed E-state index contributed by atoms with van der Waals surface area (Å²) in [5.41, 5.74) is 3.50. The number of aromatic amines is 1. The highest BCUT2D eigenvalue weighted by Crippen LogP contribution is 2.24. The maximum atomic E-state index is 4.33. The minimum absolute atomic E-state index is 0.746. The minimum Gasteiger partial charge on any atom is -0.277 e. The molecule has 4 aromatic rings. The second kappa shape index (κ2) is 4.31. The van der Waals surface area contributed by atoms with Crippen LogP contribution < -0.4 is 0 Å². The molecule has 0 aliphatic rings. The zero-order valence-corrected chi connectivity index (χ0v) is 10.5. The molecule has 0 atom stereocenters. The normalized spacial score (nSPS) is 11.0. The topological polar surface area (TPSA) is 59.4 Å². The van der Waals surface area contributed by atoms with Crippen LogP contribution in [-0.4, -0.2) is 25.2 Å². The van der Waals surface area contributed by atoms with E-state index in [-0.39, 0.29) is 0 Å². The predicted octanol–water partition coefficient (Wildman–Crippen LogP) is 2.61. The van der Waals surface area contributed by atoms with Gasteiger partial charge in [-0.1, -0.05) is 35.5 Å².